The summed E-state index contributed by atoms with van der Waals surface area (Å²) < 4.78 is 0. The summed E-state index contributed by atoms with van der Waals surface area (Å²) in [5.74, 6) is 0. The van der Waals surface area contributed by atoms with Crippen molar-refractivity contribution in [3.63, 3.8) is 0 Å². The molecule has 74 valence electrons. The van der Waals surface area contributed by atoms with Crippen molar-refractivity contribution in [1.82, 2.24) is 0 Å². The number of rotatable bonds is 3. The zero-order valence-electron chi connectivity index (χ0n) is 8.35. The van der Waals surface area contributed by atoms with Crippen LogP contribution in [0.1, 0.15) is 5.56 Å². The lowest BCUT2D eigenvalue weighted by molar-refractivity contribution is 0.908. The van der Waals surface area contributed by atoms with E-state index in [1.807, 2.05) is 30.3 Å². The molecule has 0 atom stereocenters. The molecule has 0 unspecified atom stereocenters. The summed E-state index contributed by atoms with van der Waals surface area (Å²) >= 11 is 0. The molecule has 0 bridgehead atoms. The van der Waals surface area contributed by atoms with Gasteiger partial charge in [-0.15, -0.1) is 0 Å². The topological polar surface area (TPSA) is 36.2 Å². The van der Waals surface area contributed by atoms with Crippen molar-refractivity contribution in [3.8, 4) is 11.1 Å². The predicted molar refractivity (Wildman–Crippen MR) is 60.7 cm³/mol. The molecule has 0 saturated carbocycles. The quantitative estimate of drug-likeness (QED) is 0.723. The molecule has 0 aliphatic heterocycles. The molecule has 15 heavy (non-hydrogen) atoms. The molecular weight excluding hydrogens is 184 g/mol. The van der Waals surface area contributed by atoms with E-state index in [1.165, 1.54) is 11.1 Å². The molecule has 0 radical (unpaired) electrons. The predicted octanol–water partition coefficient (Wildman–Crippen LogP) is 3.88. The Morgan fingerprint density at radius 1 is 0.800 bits per heavy atom. The largest absolute Gasteiger partial charge is 0.210 e. The van der Waals surface area contributed by atoms with Crippen LogP contribution in [-0.2, 0) is 6.54 Å². The van der Waals surface area contributed by atoms with Crippen molar-refractivity contribution in [1.29, 1.82) is 5.53 Å². The third-order valence-electron chi connectivity index (χ3n) is 2.32. The van der Waals surface area contributed by atoms with Crippen molar-refractivity contribution in [2.75, 3.05) is 0 Å². The molecular formula is C13H12N2. The molecule has 2 aromatic carbocycles. The molecule has 0 aliphatic carbocycles. The zero-order chi connectivity index (χ0) is 10.5. The van der Waals surface area contributed by atoms with Crippen LogP contribution < -0.4 is 0 Å². The Morgan fingerprint density at radius 3 is 2.00 bits per heavy atom. The van der Waals surface area contributed by atoms with Crippen LogP contribution in [0.5, 0.6) is 0 Å². The van der Waals surface area contributed by atoms with Crippen molar-refractivity contribution >= 4 is 0 Å². The summed E-state index contributed by atoms with van der Waals surface area (Å²) in [6, 6.07) is 18.4. The van der Waals surface area contributed by atoms with E-state index in [2.05, 4.69) is 29.4 Å². The highest BCUT2D eigenvalue weighted by molar-refractivity contribution is 5.63. The molecule has 0 aromatic heterocycles. The van der Waals surface area contributed by atoms with Crippen LogP contribution in [-0.4, -0.2) is 0 Å². The van der Waals surface area contributed by atoms with Crippen LogP contribution in [0.15, 0.2) is 59.7 Å². The van der Waals surface area contributed by atoms with Crippen molar-refractivity contribution in [2.24, 2.45) is 5.11 Å². The van der Waals surface area contributed by atoms with E-state index >= 15 is 0 Å². The molecule has 2 aromatic rings. The number of hydrogen-bond donors (Lipinski definition) is 1. The monoisotopic (exact) mass is 196 g/mol. The van der Waals surface area contributed by atoms with Gasteiger partial charge in [0.05, 0.1) is 6.54 Å². The van der Waals surface area contributed by atoms with E-state index in [0.717, 1.165) is 5.56 Å². The second kappa shape index (κ2) is 4.51. The fraction of sp³-hybridized carbons (Fsp3) is 0.0769. The van der Waals surface area contributed by atoms with E-state index < -0.39 is 0 Å². The lowest BCUT2D eigenvalue weighted by Crippen LogP contribution is -1.81. The summed E-state index contributed by atoms with van der Waals surface area (Å²) in [7, 11) is 0. The Kier molecular flexibility index (Phi) is 2.88. The second-order valence-corrected chi connectivity index (χ2v) is 3.38. The van der Waals surface area contributed by atoms with Crippen LogP contribution >= 0.6 is 0 Å². The molecule has 0 aliphatic rings. The van der Waals surface area contributed by atoms with Gasteiger partial charge in [-0.2, -0.15) is 5.11 Å². The van der Waals surface area contributed by atoms with Gasteiger partial charge in [0.15, 0.2) is 0 Å². The standard InChI is InChI=1S/C13H12N2/c14-15-10-11-6-8-13(9-7-11)12-4-2-1-3-5-12/h1-9,14H,10H2. The summed E-state index contributed by atoms with van der Waals surface area (Å²) in [6.45, 7) is 0.467. The fourth-order valence-corrected chi connectivity index (χ4v) is 1.52. The maximum Gasteiger partial charge on any atom is 0.0846 e. The van der Waals surface area contributed by atoms with Gasteiger partial charge < -0.3 is 0 Å². The number of nitrogens with one attached hydrogen (secondary N) is 1. The highest BCUT2D eigenvalue weighted by Crippen LogP contribution is 2.19. The van der Waals surface area contributed by atoms with Gasteiger partial charge in [0.25, 0.3) is 0 Å². The van der Waals surface area contributed by atoms with Gasteiger partial charge in [-0.1, -0.05) is 54.6 Å². The van der Waals surface area contributed by atoms with E-state index in [4.69, 9.17) is 5.53 Å². The Hall–Kier alpha value is -1.96. The van der Waals surface area contributed by atoms with Crippen LogP contribution in [0, 0.1) is 5.53 Å². The molecule has 0 amide bonds. The van der Waals surface area contributed by atoms with Crippen LogP contribution in [0.25, 0.3) is 11.1 Å². The molecule has 1 N–H and O–H groups in total. The smallest absolute Gasteiger partial charge is 0.0846 e. The summed E-state index contributed by atoms with van der Waals surface area (Å²) in [5.41, 5.74) is 10.3. The first-order valence-corrected chi connectivity index (χ1v) is 4.88. The maximum absolute atomic E-state index is 6.78. The molecule has 2 heteroatoms. The Balaban J connectivity index is 2.28. The Bertz CT molecular complexity index is 432. The first-order chi connectivity index (χ1) is 7.40. The summed E-state index contributed by atoms with van der Waals surface area (Å²) in [4.78, 5) is 0. The van der Waals surface area contributed by atoms with Crippen molar-refractivity contribution in [3.05, 3.63) is 60.2 Å². The first-order valence-electron chi connectivity index (χ1n) is 4.88. The van der Waals surface area contributed by atoms with Crippen LogP contribution in [0.3, 0.4) is 0 Å². The zero-order valence-corrected chi connectivity index (χ0v) is 8.35. The van der Waals surface area contributed by atoms with Crippen LogP contribution in [0.4, 0.5) is 0 Å². The molecule has 2 rings (SSSR count). The number of nitrogens with zero attached hydrogens (tertiary/aromatic N) is 1. The molecule has 2 nitrogen and oxygen atoms in total. The number of benzene rings is 2. The van der Waals surface area contributed by atoms with E-state index in [9.17, 15) is 0 Å². The van der Waals surface area contributed by atoms with Gasteiger partial charge in [-0.05, 0) is 16.7 Å². The maximum atomic E-state index is 6.78. The average Bonchev–Trinajstić information content (AvgIpc) is 2.32. The van der Waals surface area contributed by atoms with E-state index in [0.29, 0.717) is 6.54 Å². The fourth-order valence-electron chi connectivity index (χ4n) is 1.52. The third-order valence-corrected chi connectivity index (χ3v) is 2.32. The van der Waals surface area contributed by atoms with E-state index in [-0.39, 0.29) is 0 Å². The highest BCUT2D eigenvalue weighted by Gasteiger charge is 1.96. The van der Waals surface area contributed by atoms with Crippen LogP contribution in [0.2, 0.25) is 0 Å². The minimum Gasteiger partial charge on any atom is -0.210 e. The molecule has 0 heterocycles. The molecule has 0 saturated heterocycles. The van der Waals surface area contributed by atoms with Crippen molar-refractivity contribution in [2.45, 2.75) is 6.54 Å². The average molecular weight is 196 g/mol. The van der Waals surface area contributed by atoms with Gasteiger partial charge in [0, 0.05) is 0 Å². The molecule has 0 spiro atoms. The van der Waals surface area contributed by atoms with Gasteiger partial charge in [0.1, 0.15) is 0 Å². The SMILES string of the molecule is N=NCc1ccc(-c2ccccc2)cc1. The molecule has 0 fully saturated rings. The number of hydrogen-bond acceptors (Lipinski definition) is 2. The first kappa shape index (κ1) is 9.59. The van der Waals surface area contributed by atoms with Gasteiger partial charge in [-0.25, -0.2) is 5.53 Å². The lowest BCUT2D eigenvalue weighted by Gasteiger charge is -2.02. The van der Waals surface area contributed by atoms with Crippen molar-refractivity contribution < 1.29 is 0 Å². The minimum atomic E-state index is 0.467. The Morgan fingerprint density at radius 2 is 1.40 bits per heavy atom. The van der Waals surface area contributed by atoms with E-state index in [1.54, 1.807) is 0 Å². The van der Waals surface area contributed by atoms with Gasteiger partial charge >= 0.3 is 0 Å². The van der Waals surface area contributed by atoms with Gasteiger partial charge in [0.2, 0.25) is 0 Å². The third kappa shape index (κ3) is 2.29. The lowest BCUT2D eigenvalue weighted by atomic mass is 10.0. The van der Waals surface area contributed by atoms with Gasteiger partial charge in [-0.3, -0.25) is 0 Å². The summed E-state index contributed by atoms with van der Waals surface area (Å²) in [5, 5.41) is 3.36. The summed E-state index contributed by atoms with van der Waals surface area (Å²) in [6.07, 6.45) is 0. The second-order valence-electron chi connectivity index (χ2n) is 3.38. The Labute approximate surface area is 89.1 Å². The highest BCUT2D eigenvalue weighted by atomic mass is 14.9. The normalized spacial score (nSPS) is 9.87. The minimum absolute atomic E-state index is 0.467.